The highest BCUT2D eigenvalue weighted by Crippen LogP contribution is 2.22. The van der Waals surface area contributed by atoms with E-state index >= 15 is 0 Å². The largest absolute Gasteiger partial charge is 0.482 e. The van der Waals surface area contributed by atoms with Gasteiger partial charge in [0.25, 0.3) is 0 Å². The van der Waals surface area contributed by atoms with Gasteiger partial charge in [0.15, 0.2) is 17.5 Å². The van der Waals surface area contributed by atoms with Crippen LogP contribution in [-0.4, -0.2) is 21.5 Å². The van der Waals surface area contributed by atoms with Gasteiger partial charge in [0.1, 0.15) is 23.9 Å². The number of hydrogen-bond acceptors (Lipinski definition) is 6. The second kappa shape index (κ2) is 7.06. The van der Waals surface area contributed by atoms with E-state index in [-0.39, 0.29) is 0 Å². The van der Waals surface area contributed by atoms with Crippen LogP contribution in [-0.2, 0) is 6.61 Å². The van der Waals surface area contributed by atoms with Gasteiger partial charge in [0.2, 0.25) is 0 Å². The molecule has 0 atom stereocenters. The number of aromatic nitrogens is 3. The summed E-state index contributed by atoms with van der Waals surface area (Å²) in [6, 6.07) is 0. The van der Waals surface area contributed by atoms with Crippen LogP contribution in [0.25, 0.3) is 0 Å². The molecule has 1 N–H and O–H groups in total. The Balaban J connectivity index is 2.06. The molecular weight excluding hydrogens is 268 g/mol. The summed E-state index contributed by atoms with van der Waals surface area (Å²) in [5.74, 6) is 3.51. The maximum atomic E-state index is 5.79. The number of anilines is 1. The van der Waals surface area contributed by atoms with Gasteiger partial charge >= 0.3 is 0 Å². The van der Waals surface area contributed by atoms with Crippen LogP contribution in [0.3, 0.4) is 0 Å². The summed E-state index contributed by atoms with van der Waals surface area (Å²) >= 11 is 0. The molecule has 0 spiro atoms. The summed E-state index contributed by atoms with van der Waals surface area (Å²) in [7, 11) is 0. The zero-order valence-corrected chi connectivity index (χ0v) is 13.1. The van der Waals surface area contributed by atoms with E-state index in [4.69, 9.17) is 9.15 Å². The minimum Gasteiger partial charge on any atom is -0.482 e. The minimum absolute atomic E-state index is 0.345. The molecule has 0 amide bonds. The van der Waals surface area contributed by atoms with E-state index in [0.717, 1.165) is 42.5 Å². The van der Waals surface area contributed by atoms with Gasteiger partial charge in [0, 0.05) is 13.5 Å². The first-order chi connectivity index (χ1) is 10.1. The number of aryl methyl sites for hydroxylation is 3. The van der Waals surface area contributed by atoms with Crippen LogP contribution < -0.4 is 10.1 Å². The lowest BCUT2D eigenvalue weighted by Crippen LogP contribution is -2.08. The maximum Gasteiger partial charge on any atom is 0.191 e. The second-order valence-electron chi connectivity index (χ2n) is 4.93. The van der Waals surface area contributed by atoms with E-state index in [0.29, 0.717) is 18.2 Å². The Morgan fingerprint density at radius 2 is 2.05 bits per heavy atom. The van der Waals surface area contributed by atoms with E-state index in [1.165, 1.54) is 0 Å². The van der Waals surface area contributed by atoms with Gasteiger partial charge in [-0.15, -0.1) is 0 Å². The number of unbranched alkanes of at least 4 members (excludes halogenated alkanes) is 1. The molecule has 6 nitrogen and oxygen atoms in total. The summed E-state index contributed by atoms with van der Waals surface area (Å²) < 4.78 is 11.2. The van der Waals surface area contributed by atoms with Gasteiger partial charge < -0.3 is 14.5 Å². The molecule has 0 saturated carbocycles. The fourth-order valence-corrected chi connectivity index (χ4v) is 1.93. The first-order valence-electron chi connectivity index (χ1n) is 7.23. The van der Waals surface area contributed by atoms with E-state index in [1.807, 2.05) is 20.8 Å². The van der Waals surface area contributed by atoms with Gasteiger partial charge in [0.05, 0.1) is 6.20 Å². The Morgan fingerprint density at radius 3 is 2.71 bits per heavy atom. The molecule has 0 aromatic carbocycles. The van der Waals surface area contributed by atoms with Crippen molar-refractivity contribution in [3.63, 3.8) is 0 Å². The van der Waals surface area contributed by atoms with Gasteiger partial charge in [-0.25, -0.2) is 15.0 Å². The monoisotopic (exact) mass is 290 g/mol. The lowest BCUT2D eigenvalue weighted by atomic mass is 10.3. The van der Waals surface area contributed by atoms with E-state index < -0.39 is 0 Å². The highest BCUT2D eigenvalue weighted by molar-refractivity contribution is 5.48. The average molecular weight is 290 g/mol. The fourth-order valence-electron chi connectivity index (χ4n) is 1.93. The molecule has 114 valence electrons. The summed E-state index contributed by atoms with van der Waals surface area (Å²) in [6.45, 7) is 8.93. The molecule has 21 heavy (non-hydrogen) atoms. The number of oxazole rings is 1. The predicted molar refractivity (Wildman–Crippen MR) is 80.5 cm³/mol. The zero-order valence-electron chi connectivity index (χ0n) is 13.1. The lowest BCUT2D eigenvalue weighted by Gasteiger charge is -2.11. The highest BCUT2D eigenvalue weighted by Gasteiger charge is 2.11. The smallest absolute Gasteiger partial charge is 0.191 e. The maximum absolute atomic E-state index is 5.79. The van der Waals surface area contributed by atoms with Gasteiger partial charge in [-0.3, -0.25) is 0 Å². The van der Waals surface area contributed by atoms with Crippen LogP contribution in [0, 0.1) is 20.8 Å². The Morgan fingerprint density at radius 1 is 1.24 bits per heavy atom. The van der Waals surface area contributed by atoms with Crippen LogP contribution >= 0.6 is 0 Å². The molecule has 6 heteroatoms. The van der Waals surface area contributed by atoms with Crippen LogP contribution in [0.1, 0.15) is 42.9 Å². The Kier molecular flexibility index (Phi) is 5.14. The summed E-state index contributed by atoms with van der Waals surface area (Å²) in [5.41, 5.74) is 0.799. The normalized spacial score (nSPS) is 10.7. The molecule has 0 aliphatic rings. The number of rotatable bonds is 7. The van der Waals surface area contributed by atoms with Crippen LogP contribution in [0.4, 0.5) is 5.82 Å². The quantitative estimate of drug-likeness (QED) is 0.789. The van der Waals surface area contributed by atoms with Crippen LogP contribution in [0.15, 0.2) is 10.6 Å². The number of nitrogens with one attached hydrogen (secondary N) is 1. The Labute approximate surface area is 125 Å². The number of ether oxygens (including phenoxy) is 1. The van der Waals surface area contributed by atoms with Gasteiger partial charge in [-0.05, 0) is 20.3 Å². The molecule has 0 saturated heterocycles. The van der Waals surface area contributed by atoms with Gasteiger partial charge in [-0.2, -0.15) is 0 Å². The lowest BCUT2D eigenvalue weighted by molar-refractivity contribution is 0.298. The molecule has 0 aliphatic carbocycles. The van der Waals surface area contributed by atoms with Crippen molar-refractivity contribution in [1.82, 2.24) is 15.0 Å². The minimum atomic E-state index is 0.345. The first kappa shape index (κ1) is 15.3. The van der Waals surface area contributed by atoms with Crippen molar-refractivity contribution < 1.29 is 9.15 Å². The van der Waals surface area contributed by atoms with Crippen molar-refractivity contribution in [2.75, 3.05) is 11.9 Å². The van der Waals surface area contributed by atoms with Crippen molar-refractivity contribution in [1.29, 1.82) is 0 Å². The van der Waals surface area contributed by atoms with Crippen molar-refractivity contribution in [2.24, 2.45) is 0 Å². The summed E-state index contributed by atoms with van der Waals surface area (Å²) in [6.07, 6.45) is 3.91. The Bertz CT molecular complexity index is 595. The molecule has 2 rings (SSSR count). The standard InChI is InChI=1S/C15H22N4O2/c1-5-6-7-16-15-14(8-17-11(3)18-15)20-9-13-10(2)21-12(4)19-13/h8H,5-7,9H2,1-4H3,(H,16,17,18). The average Bonchev–Trinajstić information content (AvgIpc) is 2.76. The van der Waals surface area contributed by atoms with Crippen LogP contribution in [0.2, 0.25) is 0 Å². The molecule has 2 aromatic heterocycles. The molecule has 0 unspecified atom stereocenters. The van der Waals surface area contributed by atoms with Crippen molar-refractivity contribution in [2.45, 2.75) is 47.1 Å². The molecule has 2 heterocycles. The summed E-state index contributed by atoms with van der Waals surface area (Å²) in [4.78, 5) is 12.9. The van der Waals surface area contributed by atoms with Crippen LogP contribution in [0.5, 0.6) is 5.75 Å². The fraction of sp³-hybridized carbons (Fsp3) is 0.533. The Hall–Kier alpha value is -2.11. The predicted octanol–water partition coefficient (Wildman–Crippen LogP) is 3.18. The van der Waals surface area contributed by atoms with Crippen molar-refractivity contribution in [3.05, 3.63) is 29.4 Å². The third kappa shape index (κ3) is 4.18. The molecule has 0 fully saturated rings. The number of hydrogen-bond donors (Lipinski definition) is 1. The highest BCUT2D eigenvalue weighted by atomic mass is 16.5. The number of nitrogens with zero attached hydrogens (tertiary/aromatic N) is 3. The molecular formula is C15H22N4O2. The van der Waals surface area contributed by atoms with Gasteiger partial charge in [-0.1, -0.05) is 13.3 Å². The third-order valence-corrected chi connectivity index (χ3v) is 3.06. The SMILES string of the molecule is CCCCNc1nc(C)ncc1OCc1nc(C)oc1C. The molecule has 2 aromatic rings. The van der Waals surface area contributed by atoms with Crippen molar-refractivity contribution >= 4 is 5.82 Å². The first-order valence-corrected chi connectivity index (χ1v) is 7.23. The molecule has 0 radical (unpaired) electrons. The topological polar surface area (TPSA) is 73.1 Å². The zero-order chi connectivity index (χ0) is 15.2. The van der Waals surface area contributed by atoms with E-state index in [9.17, 15) is 0 Å². The summed E-state index contributed by atoms with van der Waals surface area (Å²) in [5, 5.41) is 3.29. The van der Waals surface area contributed by atoms with E-state index in [2.05, 4.69) is 27.2 Å². The third-order valence-electron chi connectivity index (χ3n) is 3.06. The second-order valence-corrected chi connectivity index (χ2v) is 4.93. The van der Waals surface area contributed by atoms with Crippen molar-refractivity contribution in [3.8, 4) is 5.75 Å². The molecule has 0 bridgehead atoms. The van der Waals surface area contributed by atoms with E-state index in [1.54, 1.807) is 6.20 Å². The molecule has 0 aliphatic heterocycles.